The number of sulfonamides is 1. The second-order valence-corrected chi connectivity index (χ2v) is 8.65. The van der Waals surface area contributed by atoms with Crippen molar-refractivity contribution in [2.24, 2.45) is 5.92 Å². The molecule has 0 bridgehead atoms. The van der Waals surface area contributed by atoms with Crippen molar-refractivity contribution in [2.45, 2.75) is 24.7 Å². The number of nitrogens with zero attached hydrogens (tertiary/aromatic N) is 1. The van der Waals surface area contributed by atoms with E-state index in [1.54, 1.807) is 19.1 Å². The Morgan fingerprint density at radius 2 is 1.90 bits per heavy atom. The molecule has 9 nitrogen and oxygen atoms in total. The predicted octanol–water partition coefficient (Wildman–Crippen LogP) is 1.46. The van der Waals surface area contributed by atoms with Crippen LogP contribution in [-0.2, 0) is 14.8 Å². The van der Waals surface area contributed by atoms with Gasteiger partial charge in [0.05, 0.1) is 29.7 Å². The lowest BCUT2D eigenvalue weighted by Gasteiger charge is -2.31. The SMILES string of the molecule is COc1ccc(S(=O)(=O)N2CCC[C@H](C(=O)NNC(=O)c3ccoc3C)C2)cc1. The van der Waals surface area contributed by atoms with Crippen LogP contribution in [0.25, 0.3) is 0 Å². The van der Waals surface area contributed by atoms with E-state index in [2.05, 4.69) is 10.9 Å². The first-order valence-corrected chi connectivity index (χ1v) is 10.6. The summed E-state index contributed by atoms with van der Waals surface area (Å²) in [7, 11) is -2.22. The summed E-state index contributed by atoms with van der Waals surface area (Å²) in [5.74, 6) is -0.505. The van der Waals surface area contributed by atoms with E-state index in [0.717, 1.165) is 0 Å². The Morgan fingerprint density at radius 3 is 2.52 bits per heavy atom. The third kappa shape index (κ3) is 4.60. The van der Waals surface area contributed by atoms with E-state index >= 15 is 0 Å². The highest BCUT2D eigenvalue weighted by Gasteiger charge is 2.33. The van der Waals surface area contributed by atoms with E-state index < -0.39 is 27.8 Å². The minimum absolute atomic E-state index is 0.0425. The van der Waals surface area contributed by atoms with Crippen molar-refractivity contribution in [3.63, 3.8) is 0 Å². The molecular weight excluding hydrogens is 398 g/mol. The molecule has 1 aliphatic heterocycles. The standard InChI is InChI=1S/C19H23N3O6S/c1-13-17(9-11-28-13)19(24)21-20-18(23)14-4-3-10-22(12-14)29(25,26)16-7-5-15(27-2)6-8-16/h5-9,11,14H,3-4,10,12H2,1-2H3,(H,20,23)(H,21,24)/t14-/m0/s1. The van der Waals surface area contributed by atoms with Crippen LogP contribution in [0, 0.1) is 12.8 Å². The number of amides is 2. The fourth-order valence-corrected chi connectivity index (χ4v) is 4.70. The molecule has 0 saturated carbocycles. The van der Waals surface area contributed by atoms with Crippen LogP contribution in [0.1, 0.15) is 29.0 Å². The van der Waals surface area contributed by atoms with Crippen LogP contribution >= 0.6 is 0 Å². The molecule has 10 heteroatoms. The Bertz CT molecular complexity index is 984. The Balaban J connectivity index is 1.62. The monoisotopic (exact) mass is 421 g/mol. The van der Waals surface area contributed by atoms with Gasteiger partial charge in [0, 0.05) is 13.1 Å². The fourth-order valence-electron chi connectivity index (χ4n) is 3.18. The zero-order valence-electron chi connectivity index (χ0n) is 16.2. The van der Waals surface area contributed by atoms with Crippen LogP contribution in [-0.4, -0.2) is 44.7 Å². The van der Waals surface area contributed by atoms with Gasteiger partial charge in [-0.3, -0.25) is 20.4 Å². The number of hydrogen-bond donors (Lipinski definition) is 2. The van der Waals surface area contributed by atoms with Gasteiger partial charge in [0.2, 0.25) is 15.9 Å². The first-order valence-electron chi connectivity index (χ1n) is 9.11. The molecule has 1 aliphatic rings. The van der Waals surface area contributed by atoms with E-state index in [1.807, 2.05) is 0 Å². The molecule has 29 heavy (non-hydrogen) atoms. The van der Waals surface area contributed by atoms with E-state index in [0.29, 0.717) is 36.5 Å². The zero-order valence-corrected chi connectivity index (χ0v) is 17.0. The summed E-state index contributed by atoms with van der Waals surface area (Å²) in [6.45, 7) is 2.01. The van der Waals surface area contributed by atoms with Gasteiger partial charge >= 0.3 is 0 Å². The molecule has 0 aliphatic carbocycles. The average Bonchev–Trinajstić information content (AvgIpc) is 3.17. The van der Waals surface area contributed by atoms with Gasteiger partial charge in [-0.25, -0.2) is 8.42 Å². The maximum atomic E-state index is 12.9. The van der Waals surface area contributed by atoms with Gasteiger partial charge in [0.25, 0.3) is 5.91 Å². The molecule has 2 heterocycles. The second-order valence-electron chi connectivity index (χ2n) is 6.71. The number of piperidine rings is 1. The lowest BCUT2D eigenvalue weighted by Crippen LogP contribution is -2.50. The summed E-state index contributed by atoms with van der Waals surface area (Å²) in [4.78, 5) is 24.7. The smallest absolute Gasteiger partial charge is 0.273 e. The molecule has 1 aromatic carbocycles. The van der Waals surface area contributed by atoms with Crippen LogP contribution in [0.2, 0.25) is 0 Å². The second kappa shape index (κ2) is 8.66. The number of carbonyl (C=O) groups is 2. The van der Waals surface area contributed by atoms with Gasteiger partial charge in [0.1, 0.15) is 11.5 Å². The van der Waals surface area contributed by atoms with Crippen molar-refractivity contribution in [2.75, 3.05) is 20.2 Å². The zero-order chi connectivity index (χ0) is 21.0. The third-order valence-corrected chi connectivity index (χ3v) is 6.73. The summed E-state index contributed by atoms with van der Waals surface area (Å²) < 4.78 is 37.2. The molecule has 156 valence electrons. The van der Waals surface area contributed by atoms with Gasteiger partial charge in [-0.15, -0.1) is 0 Å². The normalized spacial score (nSPS) is 17.5. The summed E-state index contributed by atoms with van der Waals surface area (Å²) in [6.07, 6.45) is 2.46. The minimum Gasteiger partial charge on any atom is -0.497 e. The van der Waals surface area contributed by atoms with E-state index in [4.69, 9.17) is 9.15 Å². The van der Waals surface area contributed by atoms with Gasteiger partial charge in [-0.2, -0.15) is 4.31 Å². The van der Waals surface area contributed by atoms with Gasteiger partial charge < -0.3 is 9.15 Å². The lowest BCUT2D eigenvalue weighted by atomic mass is 9.99. The third-order valence-electron chi connectivity index (χ3n) is 4.85. The number of hydrazine groups is 1. The molecule has 1 atom stereocenters. The van der Waals surface area contributed by atoms with Crippen molar-refractivity contribution in [1.29, 1.82) is 0 Å². The van der Waals surface area contributed by atoms with E-state index in [9.17, 15) is 18.0 Å². The Kier molecular flexibility index (Phi) is 6.23. The first-order chi connectivity index (χ1) is 13.8. The minimum atomic E-state index is -3.73. The Hall–Kier alpha value is -2.85. The quantitative estimate of drug-likeness (QED) is 0.706. The lowest BCUT2D eigenvalue weighted by molar-refractivity contribution is -0.126. The maximum absolute atomic E-state index is 12.9. The summed E-state index contributed by atoms with van der Waals surface area (Å²) in [6, 6.07) is 7.61. The average molecular weight is 421 g/mol. The van der Waals surface area contributed by atoms with Crippen molar-refractivity contribution in [1.82, 2.24) is 15.2 Å². The van der Waals surface area contributed by atoms with Gasteiger partial charge in [0.15, 0.2) is 0 Å². The molecular formula is C19H23N3O6S. The molecule has 3 rings (SSSR count). The van der Waals surface area contributed by atoms with Crippen LogP contribution in [0.3, 0.4) is 0 Å². The molecule has 0 unspecified atom stereocenters. The van der Waals surface area contributed by atoms with Crippen LogP contribution in [0.15, 0.2) is 45.9 Å². The molecule has 1 fully saturated rings. The first kappa shape index (κ1) is 20.9. The highest BCUT2D eigenvalue weighted by molar-refractivity contribution is 7.89. The molecule has 2 amide bonds. The van der Waals surface area contributed by atoms with Gasteiger partial charge in [-0.1, -0.05) is 0 Å². The number of nitrogens with one attached hydrogen (secondary N) is 2. The highest BCUT2D eigenvalue weighted by Crippen LogP contribution is 2.25. The summed E-state index contributed by atoms with van der Waals surface area (Å²) in [5.41, 5.74) is 5.03. The predicted molar refractivity (Wildman–Crippen MR) is 104 cm³/mol. The van der Waals surface area contributed by atoms with Crippen molar-refractivity contribution in [3.8, 4) is 5.75 Å². The molecule has 2 N–H and O–H groups in total. The summed E-state index contributed by atoms with van der Waals surface area (Å²) >= 11 is 0. The fraction of sp³-hybridized carbons (Fsp3) is 0.368. The van der Waals surface area contributed by atoms with Crippen LogP contribution in [0.4, 0.5) is 0 Å². The number of ether oxygens (including phenoxy) is 1. The Morgan fingerprint density at radius 1 is 1.17 bits per heavy atom. The number of benzene rings is 1. The number of furan rings is 1. The molecule has 2 aromatic rings. The topological polar surface area (TPSA) is 118 Å². The van der Waals surface area contributed by atoms with Crippen molar-refractivity contribution in [3.05, 3.63) is 47.9 Å². The molecule has 1 saturated heterocycles. The van der Waals surface area contributed by atoms with Crippen molar-refractivity contribution >= 4 is 21.8 Å². The van der Waals surface area contributed by atoms with E-state index in [-0.39, 0.29) is 11.4 Å². The van der Waals surface area contributed by atoms with Gasteiger partial charge in [-0.05, 0) is 50.1 Å². The summed E-state index contributed by atoms with van der Waals surface area (Å²) in [5, 5.41) is 0. The van der Waals surface area contributed by atoms with Crippen LogP contribution < -0.4 is 15.6 Å². The number of hydrogen-bond acceptors (Lipinski definition) is 6. The Labute approximate surface area is 169 Å². The number of rotatable bonds is 5. The number of methoxy groups -OCH3 is 1. The molecule has 1 aromatic heterocycles. The number of carbonyl (C=O) groups excluding carboxylic acids is 2. The number of aryl methyl sites for hydroxylation is 1. The molecule has 0 radical (unpaired) electrons. The highest BCUT2D eigenvalue weighted by atomic mass is 32.2. The van der Waals surface area contributed by atoms with Crippen molar-refractivity contribution < 1.29 is 27.2 Å². The molecule has 0 spiro atoms. The maximum Gasteiger partial charge on any atom is 0.273 e. The van der Waals surface area contributed by atoms with Crippen LogP contribution in [0.5, 0.6) is 5.75 Å². The van der Waals surface area contributed by atoms with E-state index in [1.165, 1.54) is 35.9 Å². The largest absolute Gasteiger partial charge is 0.497 e.